The molecule has 198 valence electrons. The van der Waals surface area contributed by atoms with Gasteiger partial charge >= 0.3 is 11.8 Å². The van der Waals surface area contributed by atoms with Crippen molar-refractivity contribution in [2.24, 2.45) is 0 Å². The van der Waals surface area contributed by atoms with Gasteiger partial charge in [0.2, 0.25) is 5.75 Å². The number of nitrogens with zero attached hydrogens (tertiary/aromatic N) is 5. The monoisotopic (exact) mass is 515 g/mol. The fraction of sp³-hybridized carbons (Fsp3) is 0.480. The number of aromatic nitrogens is 2. The average Bonchev–Trinajstić information content (AvgIpc) is 3.08. The Morgan fingerprint density at radius 3 is 2.49 bits per heavy atom. The van der Waals surface area contributed by atoms with Crippen LogP contribution >= 0.6 is 0 Å². The Bertz CT molecular complexity index is 1240. The molecule has 0 aliphatic carbocycles. The molecule has 2 aliphatic rings. The Kier molecular flexibility index (Phi) is 7.98. The number of aryl methyl sites for hydroxylation is 1. The van der Waals surface area contributed by atoms with Crippen LogP contribution in [0.2, 0.25) is 0 Å². The molecule has 0 radical (unpaired) electrons. The van der Waals surface area contributed by atoms with Crippen LogP contribution in [0.15, 0.2) is 29.1 Å². The van der Waals surface area contributed by atoms with Gasteiger partial charge < -0.3 is 24.5 Å². The van der Waals surface area contributed by atoms with E-state index in [1.165, 1.54) is 33.5 Å². The van der Waals surface area contributed by atoms with Crippen molar-refractivity contribution >= 4 is 17.6 Å². The number of amides is 2. The predicted molar refractivity (Wildman–Crippen MR) is 130 cm³/mol. The van der Waals surface area contributed by atoms with Crippen molar-refractivity contribution in [1.82, 2.24) is 24.3 Å². The van der Waals surface area contributed by atoms with Gasteiger partial charge in [-0.3, -0.25) is 23.7 Å². The smallest absolute Gasteiger partial charge is 0.312 e. The molecule has 0 spiro atoms. The number of Topliss-reactive ketones (excluding diaryl/α,β-unsaturated/α-hetero) is 1. The molecule has 2 aliphatic heterocycles. The first-order valence-corrected chi connectivity index (χ1v) is 12.1. The number of ketones is 1. The number of halogens is 1. The summed E-state index contributed by atoms with van der Waals surface area (Å²) >= 11 is 0. The van der Waals surface area contributed by atoms with E-state index in [0.717, 1.165) is 0 Å². The molecule has 37 heavy (non-hydrogen) atoms. The van der Waals surface area contributed by atoms with Crippen molar-refractivity contribution in [3.05, 3.63) is 57.5 Å². The van der Waals surface area contributed by atoms with Crippen LogP contribution in [0.4, 0.5) is 4.39 Å². The lowest BCUT2D eigenvalue weighted by Gasteiger charge is -2.32. The summed E-state index contributed by atoms with van der Waals surface area (Å²) in [5.41, 5.74) is -0.448. The van der Waals surface area contributed by atoms with Crippen LogP contribution in [-0.2, 0) is 27.3 Å². The number of fused-ring (bicyclic) bond motifs is 1. The summed E-state index contributed by atoms with van der Waals surface area (Å²) in [6, 6.07) is 4.87. The highest BCUT2D eigenvalue weighted by Crippen LogP contribution is 2.25. The number of ether oxygens (including phenoxy) is 1. The first-order chi connectivity index (χ1) is 17.7. The summed E-state index contributed by atoms with van der Waals surface area (Å²) in [4.78, 5) is 61.0. The highest BCUT2D eigenvalue weighted by molar-refractivity contribution is 6.34. The number of hydrogen-bond donors (Lipinski definition) is 1. The zero-order chi connectivity index (χ0) is 26.7. The summed E-state index contributed by atoms with van der Waals surface area (Å²) in [6.07, 6.45) is 0.196. The lowest BCUT2D eigenvalue weighted by Crippen LogP contribution is -2.50. The molecular formula is C25H30FN5O6. The first kappa shape index (κ1) is 26.4. The van der Waals surface area contributed by atoms with E-state index in [1.54, 1.807) is 19.2 Å². The van der Waals surface area contributed by atoms with Crippen LogP contribution in [-0.4, -0.2) is 100 Å². The van der Waals surface area contributed by atoms with Gasteiger partial charge in [0.1, 0.15) is 17.7 Å². The van der Waals surface area contributed by atoms with Crippen LogP contribution in [0, 0.1) is 5.82 Å². The summed E-state index contributed by atoms with van der Waals surface area (Å²) in [5, 5.41) is 10.6. The maximum atomic E-state index is 13.2. The molecule has 2 amide bonds. The summed E-state index contributed by atoms with van der Waals surface area (Å²) < 4.78 is 19.7. The van der Waals surface area contributed by atoms with E-state index in [-0.39, 0.29) is 37.4 Å². The molecule has 1 N–H and O–H groups in total. The fourth-order valence-corrected chi connectivity index (χ4v) is 4.48. The average molecular weight is 516 g/mol. The number of rotatable bonds is 5. The van der Waals surface area contributed by atoms with Crippen LogP contribution in [0.5, 0.6) is 5.75 Å². The van der Waals surface area contributed by atoms with Gasteiger partial charge in [-0.25, -0.2) is 9.37 Å². The quantitative estimate of drug-likeness (QED) is 0.443. The number of morpholine rings is 1. The number of carbonyl (C=O) groups is 3. The number of likely N-dealkylation sites (N-methyl/N-ethyl adjacent to an activating group) is 2. The van der Waals surface area contributed by atoms with E-state index in [9.17, 15) is 28.7 Å². The Hall–Kier alpha value is -3.64. The van der Waals surface area contributed by atoms with Crippen molar-refractivity contribution < 1.29 is 28.6 Å². The number of hydrogen-bond acceptors (Lipinski definition) is 8. The van der Waals surface area contributed by atoms with Crippen molar-refractivity contribution in [3.8, 4) is 5.75 Å². The van der Waals surface area contributed by atoms with Gasteiger partial charge in [0, 0.05) is 46.2 Å². The number of carbonyl (C=O) groups excluding carboxylic acids is 3. The van der Waals surface area contributed by atoms with Crippen molar-refractivity contribution in [1.29, 1.82) is 0 Å². The van der Waals surface area contributed by atoms with Gasteiger partial charge in [0.15, 0.2) is 11.5 Å². The van der Waals surface area contributed by atoms with E-state index in [2.05, 4.69) is 4.98 Å². The van der Waals surface area contributed by atoms with E-state index in [0.29, 0.717) is 38.4 Å². The lowest BCUT2D eigenvalue weighted by molar-refractivity contribution is -0.154. The lowest BCUT2D eigenvalue weighted by atomic mass is 10.1. The van der Waals surface area contributed by atoms with Crippen LogP contribution in [0.3, 0.4) is 0 Å². The van der Waals surface area contributed by atoms with Gasteiger partial charge in [-0.2, -0.15) is 0 Å². The summed E-state index contributed by atoms with van der Waals surface area (Å²) in [6.45, 7) is 2.18. The molecule has 1 atom stereocenters. The largest absolute Gasteiger partial charge is 0.501 e. The second-order valence-electron chi connectivity index (χ2n) is 9.27. The van der Waals surface area contributed by atoms with Crippen LogP contribution in [0.1, 0.15) is 34.3 Å². The minimum absolute atomic E-state index is 0.0655. The Morgan fingerprint density at radius 1 is 1.14 bits per heavy atom. The third-order valence-electron chi connectivity index (χ3n) is 6.75. The molecule has 1 fully saturated rings. The van der Waals surface area contributed by atoms with Crippen LogP contribution in [0.25, 0.3) is 0 Å². The number of aromatic hydroxyl groups is 1. The summed E-state index contributed by atoms with van der Waals surface area (Å²) in [5.74, 6) is -3.02. The molecule has 1 aromatic carbocycles. The van der Waals surface area contributed by atoms with E-state index in [4.69, 9.17) is 4.74 Å². The molecular weight excluding hydrogens is 485 g/mol. The SMILES string of the molecule is CN1CCn2c(nc(C(=O)CCc3ccc(F)cc3)c(O)c2=O)C(N(C)C(=O)C(=O)N2CCOCC2)C1. The molecule has 0 saturated carbocycles. The minimum Gasteiger partial charge on any atom is -0.501 e. The van der Waals surface area contributed by atoms with Gasteiger partial charge in [0.05, 0.1) is 13.2 Å². The molecule has 1 aromatic heterocycles. The highest BCUT2D eigenvalue weighted by Gasteiger charge is 2.36. The van der Waals surface area contributed by atoms with Gasteiger partial charge in [-0.15, -0.1) is 0 Å². The van der Waals surface area contributed by atoms with Gasteiger partial charge in [-0.05, 0) is 31.2 Å². The Labute approximate surface area is 213 Å². The fourth-order valence-electron chi connectivity index (χ4n) is 4.48. The normalized spacial score (nSPS) is 18.1. The Balaban J connectivity index is 1.63. The predicted octanol–water partition coefficient (Wildman–Crippen LogP) is 0.207. The van der Waals surface area contributed by atoms with Gasteiger partial charge in [-0.1, -0.05) is 12.1 Å². The molecule has 2 aromatic rings. The molecule has 3 heterocycles. The van der Waals surface area contributed by atoms with Gasteiger partial charge in [0.25, 0.3) is 5.56 Å². The molecule has 1 unspecified atom stereocenters. The topological polar surface area (TPSA) is 125 Å². The molecule has 12 heteroatoms. The van der Waals surface area contributed by atoms with Crippen LogP contribution < -0.4 is 5.56 Å². The minimum atomic E-state index is -0.818. The van der Waals surface area contributed by atoms with E-state index < -0.39 is 40.8 Å². The maximum Gasteiger partial charge on any atom is 0.312 e. The Morgan fingerprint density at radius 2 is 1.81 bits per heavy atom. The molecule has 1 saturated heterocycles. The first-order valence-electron chi connectivity index (χ1n) is 12.1. The second kappa shape index (κ2) is 11.2. The standard InChI is InChI=1S/C25H30FN5O6/c1-28-9-10-31-22(18(15-28)29(2)24(35)25(36)30-11-13-37-14-12-30)27-20(21(33)23(31)34)19(32)8-5-16-3-6-17(26)7-4-16/h3-4,6-7,18,33H,5,8-15H2,1-2H3. The third-order valence-corrected chi connectivity index (χ3v) is 6.75. The highest BCUT2D eigenvalue weighted by atomic mass is 19.1. The van der Waals surface area contributed by atoms with E-state index >= 15 is 0 Å². The van der Waals surface area contributed by atoms with Crippen molar-refractivity contribution in [2.75, 3.05) is 53.5 Å². The zero-order valence-corrected chi connectivity index (χ0v) is 20.9. The molecule has 11 nitrogen and oxygen atoms in total. The van der Waals surface area contributed by atoms with Crippen molar-refractivity contribution in [3.63, 3.8) is 0 Å². The third kappa shape index (κ3) is 5.70. The molecule has 4 rings (SSSR count). The van der Waals surface area contributed by atoms with E-state index in [1.807, 2.05) is 4.90 Å². The zero-order valence-electron chi connectivity index (χ0n) is 20.9. The second-order valence-corrected chi connectivity index (χ2v) is 9.27. The molecule has 0 bridgehead atoms. The van der Waals surface area contributed by atoms with Crippen molar-refractivity contribution in [2.45, 2.75) is 25.4 Å². The summed E-state index contributed by atoms with van der Waals surface area (Å²) in [7, 11) is 3.27. The number of benzene rings is 1. The maximum absolute atomic E-state index is 13.2.